The van der Waals surface area contributed by atoms with Crippen LogP contribution in [0.4, 0.5) is 0 Å². The molecule has 0 saturated carbocycles. The van der Waals surface area contributed by atoms with Gasteiger partial charge in [-0.3, -0.25) is 4.98 Å². The van der Waals surface area contributed by atoms with Crippen molar-refractivity contribution in [2.24, 2.45) is 0 Å². The Hall–Kier alpha value is -3.67. The third-order valence-corrected chi connectivity index (χ3v) is 3.98. The Morgan fingerprint density at radius 3 is 2.41 bits per heavy atom. The Balaban J connectivity index is 1.55. The predicted molar refractivity (Wildman–Crippen MR) is 100 cm³/mol. The summed E-state index contributed by atoms with van der Waals surface area (Å²) in [6.07, 6.45) is 3.37. The lowest BCUT2D eigenvalue weighted by atomic mass is 10.2. The quantitative estimate of drug-likeness (QED) is 0.509. The maximum Gasteiger partial charge on any atom is 0.249 e. The highest BCUT2D eigenvalue weighted by Gasteiger charge is 2.14. The topological polar surface area (TPSA) is 70.3 Å². The zero-order valence-corrected chi connectivity index (χ0v) is 14.7. The number of ether oxygens (including phenoxy) is 2. The highest BCUT2D eigenvalue weighted by molar-refractivity contribution is 5.61. The first-order valence-electron chi connectivity index (χ1n) is 8.42. The second-order valence-corrected chi connectivity index (χ2v) is 5.79. The highest BCUT2D eigenvalue weighted by atomic mass is 16.5. The molecule has 134 valence electrons. The molecule has 0 bridgehead atoms. The van der Waals surface area contributed by atoms with Crippen molar-refractivity contribution in [2.75, 3.05) is 7.11 Å². The van der Waals surface area contributed by atoms with Crippen molar-refractivity contribution in [1.29, 1.82) is 0 Å². The lowest BCUT2D eigenvalue weighted by molar-refractivity contribution is 0.284. The largest absolute Gasteiger partial charge is 0.493 e. The summed E-state index contributed by atoms with van der Waals surface area (Å²) >= 11 is 0. The molecular weight excluding hydrogens is 342 g/mol. The number of rotatable bonds is 6. The minimum atomic E-state index is 0.404. The third kappa shape index (κ3) is 3.79. The first-order chi connectivity index (χ1) is 13.3. The molecule has 2 aromatic heterocycles. The number of nitrogens with zero attached hydrogens (tertiary/aromatic N) is 3. The molecule has 0 N–H and O–H groups in total. The van der Waals surface area contributed by atoms with E-state index >= 15 is 0 Å². The monoisotopic (exact) mass is 359 g/mol. The molecule has 0 saturated heterocycles. The van der Waals surface area contributed by atoms with Crippen molar-refractivity contribution in [1.82, 2.24) is 15.2 Å². The number of benzene rings is 2. The van der Waals surface area contributed by atoms with Crippen LogP contribution in [0.1, 0.15) is 5.56 Å². The molecule has 0 atom stereocenters. The number of methoxy groups -OCH3 is 1. The average molecular weight is 359 g/mol. The SMILES string of the molecule is COc1cc(-c2nnc(-c3cccnc3)o2)ccc1OCc1ccccc1. The molecule has 2 aromatic carbocycles. The van der Waals surface area contributed by atoms with E-state index in [1.165, 1.54) is 0 Å². The van der Waals surface area contributed by atoms with Gasteiger partial charge >= 0.3 is 0 Å². The Morgan fingerprint density at radius 2 is 1.67 bits per heavy atom. The number of pyridine rings is 1. The molecule has 0 unspecified atom stereocenters. The number of hydrogen-bond donors (Lipinski definition) is 0. The van der Waals surface area contributed by atoms with Crippen LogP contribution in [0.5, 0.6) is 11.5 Å². The lowest BCUT2D eigenvalue weighted by Gasteiger charge is -2.11. The summed E-state index contributed by atoms with van der Waals surface area (Å²) in [7, 11) is 1.60. The average Bonchev–Trinajstić information content (AvgIpc) is 3.24. The van der Waals surface area contributed by atoms with Gasteiger partial charge in [0.05, 0.1) is 12.7 Å². The van der Waals surface area contributed by atoms with Gasteiger partial charge in [0, 0.05) is 18.0 Å². The van der Waals surface area contributed by atoms with Crippen LogP contribution in [0.3, 0.4) is 0 Å². The standard InChI is InChI=1S/C21H17N3O3/c1-25-19-12-16(9-10-18(19)26-14-15-6-3-2-4-7-15)20-23-24-21(27-20)17-8-5-11-22-13-17/h2-13H,14H2,1H3. The fraction of sp³-hybridized carbons (Fsp3) is 0.0952. The normalized spacial score (nSPS) is 10.6. The second-order valence-electron chi connectivity index (χ2n) is 5.79. The summed E-state index contributed by atoms with van der Waals surface area (Å²) in [5.74, 6) is 2.07. The molecule has 0 radical (unpaired) electrons. The predicted octanol–water partition coefficient (Wildman–Crippen LogP) is 4.39. The Labute approximate surface area is 156 Å². The van der Waals surface area contributed by atoms with Gasteiger partial charge in [0.1, 0.15) is 6.61 Å². The van der Waals surface area contributed by atoms with Gasteiger partial charge < -0.3 is 13.9 Å². The summed E-state index contributed by atoms with van der Waals surface area (Å²) in [4.78, 5) is 4.06. The van der Waals surface area contributed by atoms with E-state index in [-0.39, 0.29) is 0 Å². The van der Waals surface area contributed by atoms with Crippen LogP contribution < -0.4 is 9.47 Å². The van der Waals surface area contributed by atoms with Gasteiger partial charge in [0.15, 0.2) is 11.5 Å². The minimum absolute atomic E-state index is 0.404. The summed E-state index contributed by atoms with van der Waals surface area (Å²) < 4.78 is 17.1. The third-order valence-electron chi connectivity index (χ3n) is 3.98. The number of aromatic nitrogens is 3. The molecule has 0 aliphatic rings. The van der Waals surface area contributed by atoms with E-state index in [1.54, 1.807) is 19.5 Å². The van der Waals surface area contributed by atoms with E-state index in [0.29, 0.717) is 29.9 Å². The van der Waals surface area contributed by atoms with E-state index in [0.717, 1.165) is 16.7 Å². The first kappa shape index (κ1) is 16.8. The molecular formula is C21H17N3O3. The van der Waals surface area contributed by atoms with Gasteiger partial charge in [-0.25, -0.2) is 0 Å². The van der Waals surface area contributed by atoms with Crippen LogP contribution in [0.2, 0.25) is 0 Å². The van der Waals surface area contributed by atoms with Crippen molar-refractivity contribution in [3.63, 3.8) is 0 Å². The minimum Gasteiger partial charge on any atom is -0.493 e. The van der Waals surface area contributed by atoms with Gasteiger partial charge in [-0.05, 0) is 35.9 Å². The number of hydrogen-bond acceptors (Lipinski definition) is 6. The Bertz CT molecular complexity index is 1020. The highest BCUT2D eigenvalue weighted by Crippen LogP contribution is 2.33. The van der Waals surface area contributed by atoms with Gasteiger partial charge in [-0.1, -0.05) is 30.3 Å². The van der Waals surface area contributed by atoms with Crippen LogP contribution in [0, 0.1) is 0 Å². The molecule has 2 heterocycles. The molecule has 6 heteroatoms. The van der Waals surface area contributed by atoms with Crippen molar-refractivity contribution < 1.29 is 13.9 Å². The molecule has 4 aromatic rings. The fourth-order valence-electron chi connectivity index (χ4n) is 2.60. The van der Waals surface area contributed by atoms with Gasteiger partial charge in [-0.2, -0.15) is 0 Å². The van der Waals surface area contributed by atoms with E-state index in [4.69, 9.17) is 13.9 Å². The van der Waals surface area contributed by atoms with Crippen LogP contribution in [0.25, 0.3) is 22.9 Å². The maximum atomic E-state index is 5.88. The zero-order valence-electron chi connectivity index (χ0n) is 14.7. The molecule has 0 amide bonds. The van der Waals surface area contributed by atoms with Gasteiger partial charge in [0.25, 0.3) is 0 Å². The summed E-state index contributed by atoms with van der Waals surface area (Å²) in [5, 5.41) is 8.21. The maximum absolute atomic E-state index is 5.88. The van der Waals surface area contributed by atoms with Crippen molar-refractivity contribution in [2.45, 2.75) is 6.61 Å². The summed E-state index contributed by atoms with van der Waals surface area (Å²) in [6, 6.07) is 19.2. The molecule has 6 nitrogen and oxygen atoms in total. The smallest absolute Gasteiger partial charge is 0.249 e. The zero-order chi connectivity index (χ0) is 18.5. The lowest BCUT2D eigenvalue weighted by Crippen LogP contribution is -1.97. The Kier molecular flexibility index (Phi) is 4.78. The molecule has 27 heavy (non-hydrogen) atoms. The van der Waals surface area contributed by atoms with Crippen molar-refractivity contribution in [3.8, 4) is 34.4 Å². The van der Waals surface area contributed by atoms with Crippen LogP contribution in [-0.2, 0) is 6.61 Å². The van der Waals surface area contributed by atoms with Crippen LogP contribution in [0.15, 0.2) is 77.5 Å². The van der Waals surface area contributed by atoms with E-state index in [1.807, 2.05) is 60.7 Å². The summed E-state index contributed by atoms with van der Waals surface area (Å²) in [6.45, 7) is 0.461. The van der Waals surface area contributed by atoms with E-state index < -0.39 is 0 Å². The van der Waals surface area contributed by atoms with E-state index in [9.17, 15) is 0 Å². The van der Waals surface area contributed by atoms with Crippen molar-refractivity contribution in [3.05, 3.63) is 78.6 Å². The molecule has 0 aliphatic heterocycles. The van der Waals surface area contributed by atoms with Gasteiger partial charge in [-0.15, -0.1) is 10.2 Å². The first-order valence-corrected chi connectivity index (χ1v) is 8.42. The molecule has 0 spiro atoms. The molecule has 4 rings (SSSR count). The summed E-state index contributed by atoms with van der Waals surface area (Å²) in [5.41, 5.74) is 2.61. The van der Waals surface area contributed by atoms with Crippen molar-refractivity contribution >= 4 is 0 Å². The van der Waals surface area contributed by atoms with Crippen LogP contribution in [-0.4, -0.2) is 22.3 Å². The fourth-order valence-corrected chi connectivity index (χ4v) is 2.60. The Morgan fingerprint density at radius 1 is 0.852 bits per heavy atom. The molecule has 0 fully saturated rings. The molecule has 0 aliphatic carbocycles. The van der Waals surface area contributed by atoms with Crippen LogP contribution >= 0.6 is 0 Å². The second kappa shape index (κ2) is 7.70. The van der Waals surface area contributed by atoms with E-state index in [2.05, 4.69) is 15.2 Å². The van der Waals surface area contributed by atoms with Gasteiger partial charge in [0.2, 0.25) is 11.8 Å².